The largest absolute Gasteiger partial charge is 0.496 e. The van der Waals surface area contributed by atoms with Crippen LogP contribution in [0.1, 0.15) is 11.1 Å². The van der Waals surface area contributed by atoms with Crippen LogP contribution in [0.3, 0.4) is 0 Å². The van der Waals surface area contributed by atoms with Gasteiger partial charge < -0.3 is 15.2 Å². The van der Waals surface area contributed by atoms with E-state index in [1.807, 2.05) is 6.07 Å². The van der Waals surface area contributed by atoms with E-state index in [9.17, 15) is 14.9 Å². The van der Waals surface area contributed by atoms with Crippen LogP contribution in [0.15, 0.2) is 23.9 Å². The molecule has 0 atom stereocenters. The van der Waals surface area contributed by atoms with Crippen LogP contribution >= 0.6 is 0 Å². The van der Waals surface area contributed by atoms with Gasteiger partial charge >= 0.3 is 0 Å². The molecule has 0 unspecified atom stereocenters. The molecule has 22 heavy (non-hydrogen) atoms. The van der Waals surface area contributed by atoms with Gasteiger partial charge in [-0.3, -0.25) is 14.5 Å². The van der Waals surface area contributed by atoms with E-state index in [1.165, 1.54) is 7.11 Å². The first-order chi connectivity index (χ1) is 10.5. The Morgan fingerprint density at radius 3 is 2.73 bits per heavy atom. The molecule has 0 bridgehead atoms. The highest BCUT2D eigenvalue weighted by Crippen LogP contribution is 2.30. The Morgan fingerprint density at radius 1 is 1.41 bits per heavy atom. The van der Waals surface area contributed by atoms with Gasteiger partial charge in [-0.05, 0) is 19.1 Å². The molecule has 1 aromatic carbocycles. The summed E-state index contributed by atoms with van der Waals surface area (Å²) in [6, 6.07) is 5.26. The minimum atomic E-state index is -0.537. The number of nitrogens with one attached hydrogen (secondary N) is 1. The van der Waals surface area contributed by atoms with Gasteiger partial charge in [0.25, 0.3) is 11.8 Å². The van der Waals surface area contributed by atoms with Crippen LogP contribution < -0.4 is 10.1 Å². The molecule has 114 valence electrons. The highest BCUT2D eigenvalue weighted by molar-refractivity contribution is 6.17. The van der Waals surface area contributed by atoms with Gasteiger partial charge in [0.1, 0.15) is 17.5 Å². The van der Waals surface area contributed by atoms with Crippen molar-refractivity contribution in [2.75, 3.05) is 25.6 Å². The summed E-state index contributed by atoms with van der Waals surface area (Å²) in [6.45, 7) is 1.37. The summed E-state index contributed by atoms with van der Waals surface area (Å²) in [5.41, 5.74) is 1.47. The molecule has 7 heteroatoms. The number of methoxy groups -OCH3 is 1. The summed E-state index contributed by atoms with van der Waals surface area (Å²) in [5.74, 6) is -0.475. The zero-order chi connectivity index (χ0) is 16.3. The van der Waals surface area contributed by atoms with Gasteiger partial charge in [-0.15, -0.1) is 0 Å². The fourth-order valence-corrected chi connectivity index (χ4v) is 2.21. The summed E-state index contributed by atoms with van der Waals surface area (Å²) >= 11 is 0. The smallest absolute Gasteiger partial charge is 0.277 e. The zero-order valence-electron chi connectivity index (χ0n) is 12.2. The average molecular weight is 301 g/mol. The predicted octanol–water partition coefficient (Wildman–Crippen LogP) is 0.532. The number of aliphatic hydroxyl groups is 1. The molecule has 0 fully saturated rings. The number of nitriles is 1. The number of anilines is 1. The number of carbonyl (C=O) groups excluding carboxylic acids is 2. The van der Waals surface area contributed by atoms with Crippen molar-refractivity contribution in [1.29, 1.82) is 5.26 Å². The molecule has 0 aromatic heterocycles. The van der Waals surface area contributed by atoms with Crippen molar-refractivity contribution >= 4 is 17.5 Å². The molecule has 1 aromatic rings. The molecule has 1 aliphatic heterocycles. The summed E-state index contributed by atoms with van der Waals surface area (Å²) in [5, 5.41) is 20.9. The van der Waals surface area contributed by atoms with Crippen molar-refractivity contribution in [3.63, 3.8) is 0 Å². The summed E-state index contributed by atoms with van der Waals surface area (Å²) < 4.78 is 5.19. The molecule has 0 spiro atoms. The third-order valence-electron chi connectivity index (χ3n) is 3.35. The molecular weight excluding hydrogens is 286 g/mol. The minimum Gasteiger partial charge on any atom is -0.496 e. The third kappa shape index (κ3) is 2.64. The van der Waals surface area contributed by atoms with Crippen LogP contribution in [0.2, 0.25) is 0 Å². The number of β-amino-alcohol motifs (C(OH)–C–C–N with tert-alkyl or cyclic N) is 1. The Bertz CT molecular complexity index is 703. The number of imide groups is 1. The number of carbonyl (C=O) groups is 2. The van der Waals surface area contributed by atoms with Crippen LogP contribution in [0.25, 0.3) is 0 Å². The van der Waals surface area contributed by atoms with Gasteiger partial charge in [0.15, 0.2) is 0 Å². The Morgan fingerprint density at radius 2 is 2.14 bits per heavy atom. The molecule has 7 nitrogen and oxygen atoms in total. The fraction of sp³-hybridized carbons (Fsp3) is 0.267. The Balaban J connectivity index is 2.36. The Hall–Kier alpha value is -2.85. The second kappa shape index (κ2) is 6.28. The number of ether oxygens (including phenoxy) is 1. The van der Waals surface area contributed by atoms with E-state index in [0.717, 1.165) is 11.0 Å². The van der Waals surface area contributed by atoms with Gasteiger partial charge in [0.05, 0.1) is 31.5 Å². The molecule has 0 aliphatic carbocycles. The lowest BCUT2D eigenvalue weighted by Gasteiger charge is -2.16. The summed E-state index contributed by atoms with van der Waals surface area (Å²) in [4.78, 5) is 24.8. The maximum atomic E-state index is 12.1. The molecule has 2 rings (SSSR count). The number of amides is 2. The molecule has 2 amide bonds. The Kier molecular flexibility index (Phi) is 4.44. The van der Waals surface area contributed by atoms with E-state index in [1.54, 1.807) is 19.1 Å². The highest BCUT2D eigenvalue weighted by atomic mass is 16.5. The van der Waals surface area contributed by atoms with Gasteiger partial charge in [-0.1, -0.05) is 0 Å². The maximum Gasteiger partial charge on any atom is 0.277 e. The zero-order valence-corrected chi connectivity index (χ0v) is 12.2. The van der Waals surface area contributed by atoms with Gasteiger partial charge in [-0.25, -0.2) is 0 Å². The monoisotopic (exact) mass is 301 g/mol. The van der Waals surface area contributed by atoms with Crippen LogP contribution in [0, 0.1) is 18.3 Å². The number of aliphatic hydroxyl groups excluding tert-OH is 1. The molecule has 0 radical (unpaired) electrons. The second-order valence-corrected chi connectivity index (χ2v) is 4.63. The second-order valence-electron chi connectivity index (χ2n) is 4.63. The van der Waals surface area contributed by atoms with E-state index in [2.05, 4.69) is 5.32 Å². The van der Waals surface area contributed by atoms with Crippen molar-refractivity contribution in [1.82, 2.24) is 4.90 Å². The predicted molar refractivity (Wildman–Crippen MR) is 78.0 cm³/mol. The van der Waals surface area contributed by atoms with Crippen LogP contribution in [-0.2, 0) is 9.59 Å². The van der Waals surface area contributed by atoms with Crippen LogP contribution in [0.4, 0.5) is 5.69 Å². The topological polar surface area (TPSA) is 103 Å². The standard InChI is InChI=1S/C15H15N3O4/c1-9-12(22-2)4-3-10(8-16)14(9)17-11-7-13(20)18(5-6-19)15(11)21/h3-4,7,17,19H,5-6H2,1-2H3. The molecule has 0 saturated heterocycles. The quantitative estimate of drug-likeness (QED) is 0.769. The molecule has 1 aliphatic rings. The van der Waals surface area contributed by atoms with Crippen LogP contribution in [-0.4, -0.2) is 42.1 Å². The number of hydrogen-bond acceptors (Lipinski definition) is 6. The molecular formula is C15H15N3O4. The maximum absolute atomic E-state index is 12.1. The summed E-state index contributed by atoms with van der Waals surface area (Å²) in [6.07, 6.45) is 1.15. The first-order valence-corrected chi connectivity index (χ1v) is 6.56. The third-order valence-corrected chi connectivity index (χ3v) is 3.35. The van der Waals surface area contributed by atoms with Gasteiger partial charge in [-0.2, -0.15) is 5.26 Å². The number of rotatable bonds is 5. The van der Waals surface area contributed by atoms with Crippen LogP contribution in [0.5, 0.6) is 5.75 Å². The van der Waals surface area contributed by atoms with Crippen molar-refractivity contribution in [3.05, 3.63) is 35.0 Å². The first-order valence-electron chi connectivity index (χ1n) is 6.56. The van der Waals surface area contributed by atoms with Crippen molar-refractivity contribution in [3.8, 4) is 11.8 Å². The number of nitrogens with zero attached hydrogens (tertiary/aromatic N) is 2. The van der Waals surface area contributed by atoms with Crippen molar-refractivity contribution < 1.29 is 19.4 Å². The lowest BCUT2D eigenvalue weighted by atomic mass is 10.1. The van der Waals surface area contributed by atoms with E-state index in [0.29, 0.717) is 22.6 Å². The Labute approximate surface area is 127 Å². The summed E-state index contributed by atoms with van der Waals surface area (Å²) in [7, 11) is 1.50. The van der Waals surface area contributed by atoms with Gasteiger partial charge in [0.2, 0.25) is 0 Å². The number of benzene rings is 1. The number of hydrogen-bond donors (Lipinski definition) is 2. The lowest BCUT2D eigenvalue weighted by Crippen LogP contribution is -2.34. The van der Waals surface area contributed by atoms with E-state index < -0.39 is 11.8 Å². The molecule has 2 N–H and O–H groups in total. The van der Waals surface area contributed by atoms with E-state index in [-0.39, 0.29) is 18.8 Å². The SMILES string of the molecule is COc1ccc(C#N)c(NC2=CC(=O)N(CCO)C2=O)c1C. The highest BCUT2D eigenvalue weighted by Gasteiger charge is 2.31. The minimum absolute atomic E-state index is 0.0614. The normalized spacial score (nSPS) is 13.9. The molecule has 0 saturated carbocycles. The van der Waals surface area contributed by atoms with Gasteiger partial charge in [0, 0.05) is 11.6 Å². The fourth-order valence-electron chi connectivity index (χ4n) is 2.21. The first kappa shape index (κ1) is 15.5. The average Bonchev–Trinajstić information content (AvgIpc) is 2.77. The van der Waals surface area contributed by atoms with E-state index in [4.69, 9.17) is 9.84 Å². The van der Waals surface area contributed by atoms with Crippen molar-refractivity contribution in [2.45, 2.75) is 6.92 Å². The van der Waals surface area contributed by atoms with Crippen molar-refractivity contribution in [2.24, 2.45) is 0 Å². The van der Waals surface area contributed by atoms with E-state index >= 15 is 0 Å². The lowest BCUT2D eigenvalue weighted by molar-refractivity contribution is -0.137. The molecule has 1 heterocycles.